The Morgan fingerprint density at radius 3 is 2.83 bits per heavy atom. The number of rotatable bonds is 7. The third-order valence-electron chi connectivity index (χ3n) is 6.96. The molecule has 6 rings (SSSR count). The van der Waals surface area contributed by atoms with Crippen molar-refractivity contribution in [2.75, 3.05) is 25.4 Å². The SMILES string of the molecule is CCCSc1ccc(-c2csc3c(OC4C5COC4CN(C(=O)OC4(C)CC4)C5)ncnc23)cc1. The quantitative estimate of drug-likeness (QED) is 0.381. The first-order valence-corrected chi connectivity index (χ1v) is 14.1. The standard InChI is InChI=1S/C26H29N3O4S2/c1-3-10-34-18-6-4-16(5-7-18)19-14-35-23-21(19)27-15-28-24(23)32-22-17-11-29(12-20(22)31-13-17)25(30)33-26(2)8-9-26/h4-7,14-15,17,20,22H,3,8-13H2,1-2H3. The molecule has 3 atom stereocenters. The van der Waals surface area contributed by atoms with Gasteiger partial charge in [-0.05, 0) is 49.6 Å². The second-order valence-corrected chi connectivity index (χ2v) is 11.9. The second-order valence-electron chi connectivity index (χ2n) is 9.82. The molecule has 9 heteroatoms. The van der Waals surface area contributed by atoms with Gasteiger partial charge in [-0.15, -0.1) is 23.1 Å². The molecule has 2 aliphatic heterocycles. The summed E-state index contributed by atoms with van der Waals surface area (Å²) in [6, 6.07) is 8.67. The summed E-state index contributed by atoms with van der Waals surface area (Å²) < 4.78 is 19.1. The number of carbonyl (C=O) groups excluding carboxylic acids is 1. The molecule has 1 amide bonds. The zero-order chi connectivity index (χ0) is 24.0. The van der Waals surface area contributed by atoms with Crippen molar-refractivity contribution in [3.8, 4) is 17.0 Å². The Morgan fingerprint density at radius 1 is 1.26 bits per heavy atom. The molecule has 3 unspecified atom stereocenters. The molecule has 1 saturated carbocycles. The first-order valence-electron chi connectivity index (χ1n) is 12.2. The van der Waals surface area contributed by atoms with E-state index in [1.807, 2.05) is 18.7 Å². The van der Waals surface area contributed by atoms with Crippen molar-refractivity contribution in [1.29, 1.82) is 0 Å². The Hall–Kier alpha value is -2.36. The van der Waals surface area contributed by atoms with Gasteiger partial charge < -0.3 is 19.1 Å². The van der Waals surface area contributed by atoms with Crippen LogP contribution in [0, 0.1) is 5.92 Å². The van der Waals surface area contributed by atoms with Crippen molar-refractivity contribution in [3.05, 3.63) is 36.0 Å². The van der Waals surface area contributed by atoms with E-state index in [-0.39, 0.29) is 29.8 Å². The Morgan fingerprint density at radius 2 is 2.09 bits per heavy atom. The van der Waals surface area contributed by atoms with Gasteiger partial charge in [0.05, 0.1) is 18.7 Å². The number of likely N-dealkylation sites (tertiary alicyclic amines) is 1. The molecular weight excluding hydrogens is 482 g/mol. The summed E-state index contributed by atoms with van der Waals surface area (Å²) in [5.74, 6) is 1.80. The summed E-state index contributed by atoms with van der Waals surface area (Å²) in [5, 5.41) is 2.13. The van der Waals surface area contributed by atoms with Crippen molar-refractivity contribution in [2.24, 2.45) is 5.92 Å². The number of thioether (sulfide) groups is 1. The van der Waals surface area contributed by atoms with Crippen LogP contribution in [0.4, 0.5) is 4.79 Å². The van der Waals surface area contributed by atoms with Crippen LogP contribution in [0.25, 0.3) is 21.3 Å². The van der Waals surface area contributed by atoms with E-state index in [1.165, 1.54) is 4.90 Å². The Kier molecular flexibility index (Phi) is 6.10. The number of carbonyl (C=O) groups is 1. The molecule has 3 aliphatic rings. The minimum absolute atomic E-state index is 0.0888. The number of thiophene rings is 1. The fourth-order valence-corrected chi connectivity index (χ4v) is 6.43. The number of benzene rings is 1. The van der Waals surface area contributed by atoms with Crippen LogP contribution >= 0.6 is 23.1 Å². The van der Waals surface area contributed by atoms with Gasteiger partial charge in [0.25, 0.3) is 0 Å². The van der Waals surface area contributed by atoms with Gasteiger partial charge in [-0.1, -0.05) is 19.1 Å². The molecule has 3 fully saturated rings. The predicted molar refractivity (Wildman–Crippen MR) is 137 cm³/mol. The Labute approximate surface area is 213 Å². The number of hydrogen-bond acceptors (Lipinski definition) is 8. The highest BCUT2D eigenvalue weighted by Gasteiger charge is 2.49. The van der Waals surface area contributed by atoms with Crippen LogP contribution in [-0.4, -0.2) is 64.2 Å². The van der Waals surface area contributed by atoms with E-state index >= 15 is 0 Å². The van der Waals surface area contributed by atoms with Crippen LogP contribution in [0.2, 0.25) is 0 Å². The summed E-state index contributed by atoms with van der Waals surface area (Å²) in [6.45, 7) is 5.80. The number of amides is 1. The van der Waals surface area contributed by atoms with Gasteiger partial charge in [0.1, 0.15) is 28.8 Å². The lowest BCUT2D eigenvalue weighted by Gasteiger charge is -2.35. The number of aromatic nitrogens is 2. The second kappa shape index (κ2) is 9.26. The first kappa shape index (κ1) is 23.1. The van der Waals surface area contributed by atoms with Crippen LogP contribution in [0.15, 0.2) is 40.9 Å². The number of piperidine rings is 1. The van der Waals surface area contributed by atoms with Crippen molar-refractivity contribution in [1.82, 2.24) is 14.9 Å². The average molecular weight is 512 g/mol. The molecule has 3 aromatic rings. The zero-order valence-corrected chi connectivity index (χ0v) is 21.6. The summed E-state index contributed by atoms with van der Waals surface area (Å²) in [5.41, 5.74) is 2.86. The fraction of sp³-hybridized carbons (Fsp3) is 0.500. The van der Waals surface area contributed by atoms with Crippen LogP contribution in [0.5, 0.6) is 5.88 Å². The fourth-order valence-electron chi connectivity index (χ4n) is 4.70. The molecule has 0 spiro atoms. The van der Waals surface area contributed by atoms with Crippen molar-refractivity contribution < 1.29 is 19.0 Å². The molecule has 2 saturated heterocycles. The van der Waals surface area contributed by atoms with E-state index in [9.17, 15) is 4.79 Å². The van der Waals surface area contributed by atoms with Gasteiger partial charge >= 0.3 is 6.09 Å². The largest absolute Gasteiger partial charge is 0.470 e. The number of nitrogens with zero attached hydrogens (tertiary/aromatic N) is 3. The van der Waals surface area contributed by atoms with E-state index in [2.05, 4.69) is 46.5 Å². The number of hydrogen-bond donors (Lipinski definition) is 0. The molecule has 7 nitrogen and oxygen atoms in total. The predicted octanol–water partition coefficient (Wildman–Crippen LogP) is 5.63. The van der Waals surface area contributed by atoms with Crippen molar-refractivity contribution >= 4 is 39.4 Å². The average Bonchev–Trinajstić information content (AvgIpc) is 3.35. The molecule has 2 aromatic heterocycles. The highest BCUT2D eigenvalue weighted by molar-refractivity contribution is 7.99. The minimum atomic E-state index is -0.275. The molecule has 0 radical (unpaired) electrons. The van der Waals surface area contributed by atoms with Crippen LogP contribution in [-0.2, 0) is 9.47 Å². The summed E-state index contributed by atoms with van der Waals surface area (Å²) in [4.78, 5) is 24.7. The van der Waals surface area contributed by atoms with E-state index in [0.29, 0.717) is 25.6 Å². The zero-order valence-electron chi connectivity index (χ0n) is 19.9. The van der Waals surface area contributed by atoms with Gasteiger partial charge in [0.2, 0.25) is 5.88 Å². The summed E-state index contributed by atoms with van der Waals surface area (Å²) >= 11 is 3.48. The highest BCUT2D eigenvalue weighted by atomic mass is 32.2. The third kappa shape index (κ3) is 4.61. The first-order chi connectivity index (χ1) is 17.0. The maximum atomic E-state index is 12.6. The van der Waals surface area contributed by atoms with E-state index < -0.39 is 0 Å². The minimum Gasteiger partial charge on any atom is -0.470 e. The highest BCUT2D eigenvalue weighted by Crippen LogP contribution is 2.41. The summed E-state index contributed by atoms with van der Waals surface area (Å²) in [6.07, 6.45) is 4.05. The van der Waals surface area contributed by atoms with E-state index in [4.69, 9.17) is 14.2 Å². The molecule has 0 N–H and O–H groups in total. The van der Waals surface area contributed by atoms with Crippen molar-refractivity contribution in [3.63, 3.8) is 0 Å². The lowest BCUT2D eigenvalue weighted by atomic mass is 9.96. The van der Waals surface area contributed by atoms with Crippen LogP contribution in [0.1, 0.15) is 33.1 Å². The van der Waals surface area contributed by atoms with Gasteiger partial charge in [-0.3, -0.25) is 0 Å². The lowest BCUT2D eigenvalue weighted by molar-refractivity contribution is -0.00746. The normalized spacial score (nSPS) is 24.5. The van der Waals surface area contributed by atoms with Gasteiger partial charge in [0, 0.05) is 28.3 Å². The lowest BCUT2D eigenvalue weighted by Crippen LogP contribution is -2.53. The summed E-state index contributed by atoms with van der Waals surface area (Å²) in [7, 11) is 0. The number of fused-ring (bicyclic) bond motifs is 3. The maximum Gasteiger partial charge on any atom is 0.410 e. The molecule has 1 aliphatic carbocycles. The Balaban J connectivity index is 1.18. The van der Waals surface area contributed by atoms with Gasteiger partial charge in [-0.2, -0.15) is 0 Å². The smallest absolute Gasteiger partial charge is 0.410 e. The molecule has 1 aromatic carbocycles. The molecule has 35 heavy (non-hydrogen) atoms. The molecular formula is C26H29N3O4S2. The van der Waals surface area contributed by atoms with E-state index in [0.717, 1.165) is 46.4 Å². The third-order valence-corrected chi connectivity index (χ3v) is 9.14. The molecule has 4 heterocycles. The van der Waals surface area contributed by atoms with Crippen molar-refractivity contribution in [2.45, 2.75) is 55.8 Å². The maximum absolute atomic E-state index is 12.6. The monoisotopic (exact) mass is 511 g/mol. The van der Waals surface area contributed by atoms with Crippen LogP contribution < -0.4 is 4.74 Å². The number of ether oxygens (including phenoxy) is 3. The van der Waals surface area contributed by atoms with Gasteiger partial charge in [-0.25, -0.2) is 14.8 Å². The topological polar surface area (TPSA) is 73.8 Å². The van der Waals surface area contributed by atoms with Crippen LogP contribution in [0.3, 0.4) is 0 Å². The molecule has 184 valence electrons. The Bertz CT molecular complexity index is 1210. The molecule has 2 bridgehead atoms. The van der Waals surface area contributed by atoms with Gasteiger partial charge in [0.15, 0.2) is 0 Å². The van der Waals surface area contributed by atoms with E-state index in [1.54, 1.807) is 22.6 Å².